The third-order valence-electron chi connectivity index (χ3n) is 6.38. The van der Waals surface area contributed by atoms with Gasteiger partial charge >= 0.3 is 0 Å². The van der Waals surface area contributed by atoms with Gasteiger partial charge in [0.25, 0.3) is 10.0 Å². The van der Waals surface area contributed by atoms with Crippen molar-refractivity contribution >= 4 is 27.5 Å². The fraction of sp³-hybridized carbons (Fsp3) is 0.355. The van der Waals surface area contributed by atoms with Gasteiger partial charge in [0.1, 0.15) is 12.6 Å². The maximum absolute atomic E-state index is 14.0. The molecule has 0 aromatic heterocycles. The molecule has 0 aliphatic carbocycles. The first-order valence-corrected chi connectivity index (χ1v) is 14.5. The summed E-state index contributed by atoms with van der Waals surface area (Å²) in [6.45, 7) is 10.9. The van der Waals surface area contributed by atoms with Crippen molar-refractivity contribution < 1.29 is 18.0 Å². The van der Waals surface area contributed by atoms with Crippen LogP contribution in [0.5, 0.6) is 0 Å². The van der Waals surface area contributed by atoms with Crippen LogP contribution in [0.25, 0.3) is 0 Å². The molecule has 8 heteroatoms. The Kier molecular flexibility index (Phi) is 9.56. The molecule has 39 heavy (non-hydrogen) atoms. The molecule has 1 N–H and O–H groups in total. The summed E-state index contributed by atoms with van der Waals surface area (Å²) in [6.07, 6.45) is 0.523. The zero-order valence-electron chi connectivity index (χ0n) is 23.6. The van der Waals surface area contributed by atoms with Crippen LogP contribution in [0.4, 0.5) is 5.69 Å². The second-order valence-corrected chi connectivity index (χ2v) is 12.7. The number of aryl methyl sites for hydroxylation is 2. The van der Waals surface area contributed by atoms with E-state index in [9.17, 15) is 18.0 Å². The molecule has 208 valence electrons. The van der Waals surface area contributed by atoms with Crippen LogP contribution in [0.15, 0.2) is 83.8 Å². The Morgan fingerprint density at radius 3 is 2.05 bits per heavy atom. The van der Waals surface area contributed by atoms with Gasteiger partial charge in [-0.15, -0.1) is 0 Å². The van der Waals surface area contributed by atoms with E-state index in [2.05, 4.69) is 5.32 Å². The monoisotopic (exact) mass is 549 g/mol. The lowest BCUT2D eigenvalue weighted by Gasteiger charge is -2.34. The van der Waals surface area contributed by atoms with Gasteiger partial charge in [0.2, 0.25) is 11.8 Å². The molecule has 0 fully saturated rings. The van der Waals surface area contributed by atoms with E-state index in [-0.39, 0.29) is 17.3 Å². The van der Waals surface area contributed by atoms with Gasteiger partial charge in [-0.2, -0.15) is 0 Å². The predicted octanol–water partition coefficient (Wildman–Crippen LogP) is 4.87. The number of hydrogen-bond acceptors (Lipinski definition) is 4. The summed E-state index contributed by atoms with van der Waals surface area (Å²) in [4.78, 5) is 28.7. The van der Waals surface area contributed by atoms with Crippen molar-refractivity contribution in [2.24, 2.45) is 0 Å². The van der Waals surface area contributed by atoms with E-state index < -0.39 is 34.1 Å². The standard InChI is InChI=1S/C31H39N3O4S/c1-23-17-18-28(24(2)21-23)34(39(37,38)27-15-11-8-12-16-27)22-29(35)33(20-19-26-13-9-7-10-14-26)25(3)30(36)32-31(4,5)6/h7-18,21,25H,19-20,22H2,1-6H3,(H,32,36)/t25-/m0/s1. The maximum Gasteiger partial charge on any atom is 0.264 e. The van der Waals surface area contributed by atoms with Gasteiger partial charge in [0.05, 0.1) is 10.6 Å². The molecule has 0 bridgehead atoms. The average molecular weight is 550 g/mol. The number of carbonyl (C=O) groups is 2. The van der Waals surface area contributed by atoms with E-state index in [1.54, 1.807) is 31.2 Å². The molecule has 0 saturated carbocycles. The predicted molar refractivity (Wildman–Crippen MR) is 156 cm³/mol. The lowest BCUT2D eigenvalue weighted by atomic mass is 10.1. The summed E-state index contributed by atoms with van der Waals surface area (Å²) in [7, 11) is -4.07. The molecule has 3 aromatic carbocycles. The molecule has 0 spiro atoms. The number of carbonyl (C=O) groups excluding carboxylic acids is 2. The first-order valence-electron chi connectivity index (χ1n) is 13.1. The number of nitrogens with one attached hydrogen (secondary N) is 1. The molecule has 3 rings (SSSR count). The number of hydrogen-bond donors (Lipinski definition) is 1. The van der Waals surface area contributed by atoms with Crippen LogP contribution in [-0.2, 0) is 26.0 Å². The van der Waals surface area contributed by atoms with Crippen molar-refractivity contribution in [2.45, 2.75) is 64.4 Å². The molecule has 0 heterocycles. The summed E-state index contributed by atoms with van der Waals surface area (Å²) < 4.78 is 28.9. The fourth-order valence-corrected chi connectivity index (χ4v) is 5.86. The molecule has 0 unspecified atom stereocenters. The van der Waals surface area contributed by atoms with Crippen molar-refractivity contribution in [3.63, 3.8) is 0 Å². The molecule has 0 aliphatic rings. The number of rotatable bonds is 10. The van der Waals surface area contributed by atoms with Crippen LogP contribution in [-0.4, -0.2) is 49.8 Å². The van der Waals surface area contributed by atoms with E-state index in [1.165, 1.54) is 17.0 Å². The summed E-state index contributed by atoms with van der Waals surface area (Å²) >= 11 is 0. The van der Waals surface area contributed by atoms with Gasteiger partial charge in [-0.3, -0.25) is 13.9 Å². The normalized spacial score (nSPS) is 12.5. The SMILES string of the molecule is Cc1ccc(N(CC(=O)N(CCc2ccccc2)[C@@H](C)C(=O)NC(C)(C)C)S(=O)(=O)c2ccccc2)c(C)c1. The van der Waals surface area contributed by atoms with Crippen molar-refractivity contribution in [3.8, 4) is 0 Å². The minimum absolute atomic E-state index is 0.0899. The Bertz CT molecular complexity index is 1380. The van der Waals surface area contributed by atoms with Crippen LogP contribution in [0, 0.1) is 13.8 Å². The zero-order valence-corrected chi connectivity index (χ0v) is 24.5. The lowest BCUT2D eigenvalue weighted by molar-refractivity contribution is -0.139. The van der Waals surface area contributed by atoms with Crippen molar-refractivity contribution in [1.82, 2.24) is 10.2 Å². The van der Waals surface area contributed by atoms with E-state index in [1.807, 2.05) is 77.1 Å². The van der Waals surface area contributed by atoms with E-state index in [0.29, 0.717) is 12.1 Å². The Morgan fingerprint density at radius 1 is 0.897 bits per heavy atom. The zero-order chi connectivity index (χ0) is 28.8. The van der Waals surface area contributed by atoms with Crippen molar-refractivity contribution in [3.05, 3.63) is 95.6 Å². The van der Waals surface area contributed by atoms with Crippen LogP contribution in [0.3, 0.4) is 0 Å². The Hall–Kier alpha value is -3.65. The summed E-state index contributed by atoms with van der Waals surface area (Å²) in [6, 6.07) is 22.4. The lowest BCUT2D eigenvalue weighted by Crippen LogP contribution is -2.55. The van der Waals surface area contributed by atoms with Gasteiger partial charge in [-0.25, -0.2) is 8.42 Å². The van der Waals surface area contributed by atoms with Crippen LogP contribution < -0.4 is 9.62 Å². The number of benzene rings is 3. The van der Waals surface area contributed by atoms with Crippen LogP contribution in [0.1, 0.15) is 44.4 Å². The first kappa shape index (κ1) is 29.9. The molecular weight excluding hydrogens is 510 g/mol. The molecule has 0 saturated heterocycles. The minimum atomic E-state index is -4.07. The Balaban J connectivity index is 2.01. The van der Waals surface area contributed by atoms with E-state index in [0.717, 1.165) is 21.0 Å². The first-order chi connectivity index (χ1) is 18.3. The summed E-state index contributed by atoms with van der Waals surface area (Å²) in [5, 5.41) is 2.94. The minimum Gasteiger partial charge on any atom is -0.350 e. The molecule has 7 nitrogen and oxygen atoms in total. The largest absolute Gasteiger partial charge is 0.350 e. The highest BCUT2D eigenvalue weighted by atomic mass is 32.2. The van der Waals surface area contributed by atoms with E-state index >= 15 is 0 Å². The van der Waals surface area contributed by atoms with Gasteiger partial charge in [-0.05, 0) is 77.3 Å². The van der Waals surface area contributed by atoms with Crippen molar-refractivity contribution in [1.29, 1.82) is 0 Å². The molecule has 0 radical (unpaired) electrons. The molecule has 2 amide bonds. The molecule has 1 atom stereocenters. The number of amides is 2. The highest BCUT2D eigenvalue weighted by molar-refractivity contribution is 7.92. The maximum atomic E-state index is 14.0. The summed E-state index contributed by atoms with van der Waals surface area (Å²) in [5.74, 6) is -0.755. The van der Waals surface area contributed by atoms with Gasteiger partial charge in [0, 0.05) is 12.1 Å². The third kappa shape index (κ3) is 7.93. The smallest absolute Gasteiger partial charge is 0.264 e. The van der Waals surface area contributed by atoms with Crippen LogP contribution >= 0.6 is 0 Å². The second kappa shape index (κ2) is 12.5. The van der Waals surface area contributed by atoms with Gasteiger partial charge < -0.3 is 10.2 Å². The molecule has 3 aromatic rings. The summed E-state index contributed by atoms with van der Waals surface area (Å²) in [5.41, 5.74) is 2.67. The molecule has 0 aliphatic heterocycles. The molecular formula is C31H39N3O4S. The van der Waals surface area contributed by atoms with Crippen molar-refractivity contribution in [2.75, 3.05) is 17.4 Å². The van der Waals surface area contributed by atoms with Crippen LogP contribution in [0.2, 0.25) is 0 Å². The van der Waals surface area contributed by atoms with Gasteiger partial charge in [-0.1, -0.05) is 66.2 Å². The highest BCUT2D eigenvalue weighted by Gasteiger charge is 2.33. The quantitative estimate of drug-likeness (QED) is 0.391. The topological polar surface area (TPSA) is 86.8 Å². The van der Waals surface area contributed by atoms with E-state index in [4.69, 9.17) is 0 Å². The average Bonchev–Trinajstić information content (AvgIpc) is 2.87. The third-order valence-corrected chi connectivity index (χ3v) is 8.15. The number of nitrogens with zero attached hydrogens (tertiary/aromatic N) is 2. The fourth-order valence-electron chi connectivity index (χ4n) is 4.36. The number of anilines is 1. The van der Waals surface area contributed by atoms with Gasteiger partial charge in [0.15, 0.2) is 0 Å². The number of sulfonamides is 1. The highest BCUT2D eigenvalue weighted by Crippen LogP contribution is 2.28. The second-order valence-electron chi connectivity index (χ2n) is 10.9. The Labute approximate surface area is 232 Å². The Morgan fingerprint density at radius 2 is 1.49 bits per heavy atom.